The van der Waals surface area contributed by atoms with Crippen molar-refractivity contribution in [2.45, 2.75) is 210 Å². The van der Waals surface area contributed by atoms with Crippen molar-refractivity contribution in [2.75, 3.05) is 91.6 Å². The third kappa shape index (κ3) is 12.2. The topological polar surface area (TPSA) is 60.1 Å². The molecule has 8 fully saturated rings. The summed E-state index contributed by atoms with van der Waals surface area (Å²) in [5, 5.41) is 0. The van der Waals surface area contributed by atoms with Crippen LogP contribution in [0.15, 0.2) is 0 Å². The normalized spacial score (nSPS) is 29.7. The second-order valence-corrected chi connectivity index (χ2v) is 24.3. The fraction of sp³-hybridized carbons (Fsp3) is 0.962. The van der Waals surface area contributed by atoms with Crippen LogP contribution in [-0.2, 0) is 9.59 Å². The van der Waals surface area contributed by atoms with E-state index in [0.717, 1.165) is 82.7 Å². The Balaban J connectivity index is 0.000000156. The lowest BCUT2D eigenvalue weighted by Gasteiger charge is -2.50. The number of piperidine rings is 1. The van der Waals surface area contributed by atoms with Gasteiger partial charge in [-0.1, -0.05) is 0 Å². The summed E-state index contributed by atoms with van der Waals surface area (Å²) in [5.41, 5.74) is 1.59. The van der Waals surface area contributed by atoms with Crippen LogP contribution in [0.25, 0.3) is 0 Å². The molecule has 360 valence electrons. The Morgan fingerprint density at radius 2 is 0.661 bits per heavy atom. The number of nitrogens with zero attached hydrogens (tertiary/aromatic N) is 8. The first-order chi connectivity index (χ1) is 28.9. The first-order valence-electron chi connectivity index (χ1n) is 26.0. The average molecular weight is 869 g/mol. The van der Waals surface area contributed by atoms with E-state index in [4.69, 9.17) is 0 Å². The van der Waals surface area contributed by atoms with Crippen molar-refractivity contribution in [1.82, 2.24) is 39.2 Å². The van der Waals surface area contributed by atoms with E-state index >= 15 is 0 Å². The maximum atomic E-state index is 12.4. The van der Waals surface area contributed by atoms with Crippen LogP contribution < -0.4 is 0 Å². The van der Waals surface area contributed by atoms with Crippen molar-refractivity contribution in [1.29, 1.82) is 0 Å². The number of carbonyl (C=O) groups excluding carboxylic acids is 2. The van der Waals surface area contributed by atoms with Crippen LogP contribution in [0.3, 0.4) is 0 Å². The zero-order chi connectivity index (χ0) is 45.9. The highest BCUT2D eigenvalue weighted by Crippen LogP contribution is 2.44. The Labute approximate surface area is 383 Å². The molecule has 0 aliphatic carbocycles. The molecule has 10 nitrogen and oxygen atoms in total. The lowest BCUT2D eigenvalue weighted by Crippen LogP contribution is -2.59. The second kappa shape index (κ2) is 21.1. The molecule has 8 saturated heterocycles. The summed E-state index contributed by atoms with van der Waals surface area (Å²) >= 11 is 0. The summed E-state index contributed by atoms with van der Waals surface area (Å²) in [6.07, 6.45) is 9.81. The van der Waals surface area contributed by atoms with E-state index in [9.17, 15) is 9.59 Å². The highest BCUT2D eigenvalue weighted by molar-refractivity contribution is 5.85. The van der Waals surface area contributed by atoms with Gasteiger partial charge in [-0.15, -0.1) is 0 Å². The Morgan fingerprint density at radius 3 is 1.05 bits per heavy atom. The molecule has 0 aromatic rings. The predicted molar refractivity (Wildman–Crippen MR) is 261 cm³/mol. The lowest BCUT2D eigenvalue weighted by atomic mass is 9.77. The van der Waals surface area contributed by atoms with Gasteiger partial charge in [0.15, 0.2) is 0 Å². The SMILES string of the molecule is CC(C)N1CCC2(C1)CN(C(C)C)C2.CC(C)N1CCC2(CC(=O)N(C(C)C)C2)C1.CC(C)N1CCC2(CC1)CCN(C(C)C)C2.CC(C)N1CCC2(CCN(C(C)C)C2=O)C1. The van der Waals surface area contributed by atoms with Gasteiger partial charge >= 0.3 is 0 Å². The van der Waals surface area contributed by atoms with Crippen molar-refractivity contribution in [3.63, 3.8) is 0 Å². The van der Waals surface area contributed by atoms with Crippen molar-refractivity contribution in [2.24, 2.45) is 21.7 Å². The second-order valence-electron chi connectivity index (χ2n) is 24.3. The van der Waals surface area contributed by atoms with Gasteiger partial charge in [0.05, 0.1) is 5.41 Å². The third-order valence-corrected chi connectivity index (χ3v) is 17.2. The smallest absolute Gasteiger partial charge is 0.230 e. The molecule has 8 aliphatic heterocycles. The van der Waals surface area contributed by atoms with E-state index in [2.05, 4.69) is 150 Å². The van der Waals surface area contributed by atoms with Gasteiger partial charge in [-0.25, -0.2) is 0 Å². The van der Waals surface area contributed by atoms with Gasteiger partial charge in [-0.05, 0) is 200 Å². The molecular weight excluding hydrogens is 769 g/mol. The van der Waals surface area contributed by atoms with Gasteiger partial charge in [0.2, 0.25) is 11.8 Å². The van der Waals surface area contributed by atoms with Crippen LogP contribution in [0.2, 0.25) is 0 Å². The number of amides is 2. The molecule has 0 aromatic carbocycles. The van der Waals surface area contributed by atoms with Crippen LogP contribution >= 0.6 is 0 Å². The van der Waals surface area contributed by atoms with Crippen molar-refractivity contribution < 1.29 is 9.59 Å². The van der Waals surface area contributed by atoms with E-state index in [0.29, 0.717) is 46.8 Å². The first kappa shape index (κ1) is 51.7. The molecule has 2 atom stereocenters. The Bertz CT molecular complexity index is 1420. The number of likely N-dealkylation sites (tertiary alicyclic amines) is 8. The minimum Gasteiger partial charge on any atom is -0.340 e. The quantitative estimate of drug-likeness (QED) is 0.245. The van der Waals surface area contributed by atoms with Gasteiger partial charge < -0.3 is 29.4 Å². The summed E-state index contributed by atoms with van der Waals surface area (Å²) in [6.45, 7) is 52.9. The summed E-state index contributed by atoms with van der Waals surface area (Å²) in [5.74, 6) is 0.770. The molecule has 8 rings (SSSR count). The summed E-state index contributed by atoms with van der Waals surface area (Å²) in [4.78, 5) is 44.0. The largest absolute Gasteiger partial charge is 0.340 e. The number of rotatable bonds is 8. The molecule has 2 unspecified atom stereocenters. The van der Waals surface area contributed by atoms with Crippen LogP contribution in [-0.4, -0.2) is 191 Å². The first-order valence-corrected chi connectivity index (χ1v) is 26.0. The molecule has 0 aromatic heterocycles. The summed E-state index contributed by atoms with van der Waals surface area (Å²) in [6, 6.07) is 4.86. The standard InChI is InChI=1S/C14H28N2.2C13H24N2O.C12H24N2/c1-12(2)15-8-5-14(6-9-15)7-10-16(11-14)13(3)4;1-10(2)14-7-5-13(9-14)6-8-15(11(3)4)12(13)16;1-10(2)14-6-5-13(8-14)7-12(16)15(9-13)11(3)4;1-10(2)13-6-5-12(7-13)8-14(9-12)11(3)4/h12-13H,5-11H2,1-4H3;2*10-11H,5-9H2,1-4H3;10-11H,5-9H2,1-4H3. The van der Waals surface area contributed by atoms with Crippen LogP contribution in [0.5, 0.6) is 0 Å². The maximum Gasteiger partial charge on any atom is 0.230 e. The Hall–Kier alpha value is -1.30. The molecule has 0 bridgehead atoms. The zero-order valence-corrected chi connectivity index (χ0v) is 43.6. The molecule has 0 N–H and O–H groups in total. The molecule has 4 spiro atoms. The lowest BCUT2D eigenvalue weighted by molar-refractivity contribution is -0.137. The van der Waals surface area contributed by atoms with Crippen LogP contribution in [0, 0.1) is 21.7 Å². The minimum atomic E-state index is -0.0332. The van der Waals surface area contributed by atoms with E-state index in [-0.39, 0.29) is 10.8 Å². The molecule has 0 radical (unpaired) electrons. The van der Waals surface area contributed by atoms with Gasteiger partial charge in [-0.3, -0.25) is 19.4 Å². The number of hydrogen-bond donors (Lipinski definition) is 0. The number of carbonyl (C=O) groups is 2. The molecule has 8 aliphatic rings. The third-order valence-electron chi connectivity index (χ3n) is 17.2. The summed E-state index contributed by atoms with van der Waals surface area (Å²) in [7, 11) is 0. The maximum absolute atomic E-state index is 12.4. The molecular formula is C52H100N8O2. The predicted octanol–water partition coefficient (Wildman–Crippen LogP) is 7.86. The molecule has 2 amide bonds. The van der Waals surface area contributed by atoms with Crippen LogP contribution in [0.4, 0.5) is 0 Å². The fourth-order valence-electron chi connectivity index (χ4n) is 12.3. The monoisotopic (exact) mass is 869 g/mol. The minimum absolute atomic E-state index is 0.0332. The molecule has 0 saturated carbocycles. The van der Waals surface area contributed by atoms with Gasteiger partial charge in [0.25, 0.3) is 0 Å². The Kier molecular flexibility index (Phi) is 17.6. The average Bonchev–Trinajstić information content (AvgIpc) is 4.04. The van der Waals surface area contributed by atoms with Crippen molar-refractivity contribution in [3.05, 3.63) is 0 Å². The van der Waals surface area contributed by atoms with E-state index in [1.807, 2.05) is 0 Å². The van der Waals surface area contributed by atoms with Crippen molar-refractivity contribution >= 4 is 11.8 Å². The summed E-state index contributed by atoms with van der Waals surface area (Å²) < 4.78 is 0. The highest BCUT2D eigenvalue weighted by Gasteiger charge is 2.52. The fourth-order valence-corrected chi connectivity index (χ4v) is 12.3. The zero-order valence-electron chi connectivity index (χ0n) is 43.6. The highest BCUT2D eigenvalue weighted by atomic mass is 16.2. The van der Waals surface area contributed by atoms with Gasteiger partial charge in [0.1, 0.15) is 0 Å². The van der Waals surface area contributed by atoms with E-state index < -0.39 is 0 Å². The Morgan fingerprint density at radius 1 is 0.323 bits per heavy atom. The van der Waals surface area contributed by atoms with E-state index in [1.165, 1.54) is 84.5 Å². The van der Waals surface area contributed by atoms with Gasteiger partial charge in [0, 0.05) is 118 Å². The van der Waals surface area contributed by atoms with Gasteiger partial charge in [-0.2, -0.15) is 0 Å². The molecule has 8 heterocycles. The van der Waals surface area contributed by atoms with Crippen LogP contribution in [0.1, 0.15) is 162 Å². The van der Waals surface area contributed by atoms with Crippen molar-refractivity contribution in [3.8, 4) is 0 Å². The van der Waals surface area contributed by atoms with E-state index in [1.54, 1.807) is 0 Å². The molecule has 10 heteroatoms. The number of hydrogen-bond acceptors (Lipinski definition) is 8. The molecule has 62 heavy (non-hydrogen) atoms.